The molecule has 0 bridgehead atoms. The van der Waals surface area contributed by atoms with Crippen LogP contribution in [-0.4, -0.2) is 56.9 Å². The summed E-state index contributed by atoms with van der Waals surface area (Å²) in [7, 11) is -5.03. The first-order valence-electron chi connectivity index (χ1n) is 11.4. The summed E-state index contributed by atoms with van der Waals surface area (Å²) in [6.45, 7) is 4.21. The third-order valence-electron chi connectivity index (χ3n) is 4.91. The van der Waals surface area contributed by atoms with Crippen molar-refractivity contribution in [1.82, 2.24) is 5.32 Å². The summed E-state index contributed by atoms with van der Waals surface area (Å²) in [6, 6.07) is 12.7. The molecule has 2 atom stereocenters. The predicted octanol–water partition coefficient (Wildman–Crippen LogP) is 2.66. The summed E-state index contributed by atoms with van der Waals surface area (Å²) in [5.74, 6) is -2.04. The van der Waals surface area contributed by atoms with Crippen LogP contribution in [0.1, 0.15) is 41.8 Å². The lowest BCUT2D eigenvalue weighted by Crippen LogP contribution is -2.52. The molecule has 0 saturated carbocycles. The number of benzene rings is 2. The van der Waals surface area contributed by atoms with Crippen molar-refractivity contribution < 1.29 is 46.0 Å². The van der Waals surface area contributed by atoms with Crippen LogP contribution in [0, 0.1) is 6.92 Å². The van der Waals surface area contributed by atoms with E-state index in [1.165, 1.54) is 39.0 Å². The van der Waals surface area contributed by atoms with Gasteiger partial charge in [-0.15, -0.1) is 0 Å². The van der Waals surface area contributed by atoms with Crippen LogP contribution in [0.15, 0.2) is 54.6 Å². The molecule has 0 aliphatic carbocycles. The second-order valence-electron chi connectivity index (χ2n) is 7.64. The van der Waals surface area contributed by atoms with Crippen molar-refractivity contribution in [2.24, 2.45) is 0 Å². The Hall–Kier alpha value is -3.77. The predicted molar refractivity (Wildman–Crippen MR) is 131 cm³/mol. The van der Waals surface area contributed by atoms with E-state index in [1.54, 1.807) is 36.4 Å². The summed E-state index contributed by atoms with van der Waals surface area (Å²) < 4.78 is 45.8. The lowest BCUT2D eigenvalue weighted by Gasteiger charge is -2.25. The van der Waals surface area contributed by atoms with E-state index in [-0.39, 0.29) is 25.4 Å². The summed E-state index contributed by atoms with van der Waals surface area (Å²) in [5, 5.41) is 0.807. The second-order valence-corrected chi connectivity index (χ2v) is 9.11. The van der Waals surface area contributed by atoms with Crippen molar-refractivity contribution in [1.29, 1.82) is 0 Å². The molecule has 1 unspecified atom stereocenters. The van der Waals surface area contributed by atoms with Gasteiger partial charge in [-0.1, -0.05) is 48.5 Å². The number of amides is 1. The van der Waals surface area contributed by atoms with E-state index in [1.807, 2.05) is 0 Å². The lowest BCUT2D eigenvalue weighted by molar-refractivity contribution is -0.150. The smallest absolute Gasteiger partial charge is 0.408 e. The van der Waals surface area contributed by atoms with E-state index in [0.717, 1.165) is 0 Å². The quantitative estimate of drug-likeness (QED) is 0.244. The SMILES string of the molecule is CCOC(=O)CC(OS(=O)(=O)C(=O)c1ccccc1C)[C@H](NC(=O)OCc1ccccc1)C(=O)OCC. The maximum atomic E-state index is 12.9. The second kappa shape index (κ2) is 14.1. The van der Waals surface area contributed by atoms with Gasteiger partial charge >= 0.3 is 33.3 Å². The minimum absolute atomic E-state index is 0.0446. The molecule has 2 rings (SSSR count). The number of nitrogens with one attached hydrogen (secondary N) is 1. The number of carbonyl (C=O) groups excluding carboxylic acids is 4. The van der Waals surface area contributed by atoms with Gasteiger partial charge in [0, 0.05) is 5.56 Å². The fraction of sp³-hybridized carbons (Fsp3) is 0.360. The highest BCUT2D eigenvalue weighted by Gasteiger charge is 2.40. The largest absolute Gasteiger partial charge is 0.466 e. The van der Waals surface area contributed by atoms with Gasteiger partial charge in [0.15, 0.2) is 6.04 Å². The Morgan fingerprint density at radius 3 is 2.11 bits per heavy atom. The minimum Gasteiger partial charge on any atom is -0.466 e. The van der Waals surface area contributed by atoms with Crippen LogP contribution >= 0.6 is 0 Å². The van der Waals surface area contributed by atoms with Crippen molar-refractivity contribution in [3.05, 3.63) is 71.3 Å². The van der Waals surface area contributed by atoms with E-state index in [2.05, 4.69) is 5.32 Å². The number of alkyl carbamates (subject to hydrolysis) is 1. The number of rotatable bonds is 12. The number of hydrogen-bond donors (Lipinski definition) is 1. The molecule has 11 nitrogen and oxygen atoms in total. The first-order chi connectivity index (χ1) is 17.6. The molecular weight excluding hydrogens is 506 g/mol. The van der Waals surface area contributed by atoms with Crippen LogP contribution in [0.5, 0.6) is 0 Å². The van der Waals surface area contributed by atoms with Crippen LogP contribution in [0.3, 0.4) is 0 Å². The molecule has 0 spiro atoms. The van der Waals surface area contributed by atoms with Gasteiger partial charge in [-0.25, -0.2) is 9.59 Å². The molecule has 200 valence electrons. The fourth-order valence-corrected chi connectivity index (χ4v) is 4.25. The molecule has 37 heavy (non-hydrogen) atoms. The Kier molecular flexibility index (Phi) is 11.2. The summed E-state index contributed by atoms with van der Waals surface area (Å²) in [6.07, 6.45) is -3.78. The van der Waals surface area contributed by atoms with Crippen LogP contribution in [0.4, 0.5) is 4.79 Å². The fourth-order valence-electron chi connectivity index (χ4n) is 3.16. The maximum Gasteiger partial charge on any atom is 0.408 e. The molecule has 0 heterocycles. The number of ether oxygens (including phenoxy) is 3. The average molecular weight is 536 g/mol. The molecule has 1 amide bonds. The van der Waals surface area contributed by atoms with Crippen molar-refractivity contribution in [3.63, 3.8) is 0 Å². The van der Waals surface area contributed by atoms with Gasteiger partial charge in [-0.3, -0.25) is 13.8 Å². The molecule has 2 aromatic rings. The van der Waals surface area contributed by atoms with E-state index in [9.17, 15) is 27.6 Å². The van der Waals surface area contributed by atoms with Gasteiger partial charge in [-0.2, -0.15) is 8.42 Å². The van der Waals surface area contributed by atoms with Crippen LogP contribution in [0.2, 0.25) is 0 Å². The molecule has 1 N–H and O–H groups in total. The number of carbonyl (C=O) groups is 4. The van der Waals surface area contributed by atoms with Gasteiger partial charge in [0.05, 0.1) is 19.6 Å². The van der Waals surface area contributed by atoms with Crippen LogP contribution < -0.4 is 5.32 Å². The molecular formula is C25H29NO10S. The van der Waals surface area contributed by atoms with Crippen LogP contribution in [0.25, 0.3) is 0 Å². The van der Waals surface area contributed by atoms with Gasteiger partial charge in [0.2, 0.25) is 0 Å². The zero-order valence-corrected chi connectivity index (χ0v) is 21.5. The highest BCUT2D eigenvalue weighted by Crippen LogP contribution is 2.18. The highest BCUT2D eigenvalue weighted by atomic mass is 32.2. The average Bonchev–Trinajstić information content (AvgIpc) is 2.86. The Balaban J connectivity index is 2.33. The monoisotopic (exact) mass is 535 g/mol. The summed E-state index contributed by atoms with van der Waals surface area (Å²) in [4.78, 5) is 50.2. The number of aryl methyl sites for hydroxylation is 1. The van der Waals surface area contributed by atoms with Crippen molar-refractivity contribution in [3.8, 4) is 0 Å². The highest BCUT2D eigenvalue weighted by molar-refractivity contribution is 8.02. The third-order valence-corrected chi connectivity index (χ3v) is 6.09. The Bertz CT molecular complexity index is 1200. The first kappa shape index (κ1) is 29.5. The summed E-state index contributed by atoms with van der Waals surface area (Å²) in [5.41, 5.74) is 0.863. The van der Waals surface area contributed by atoms with E-state index in [0.29, 0.717) is 11.1 Å². The van der Waals surface area contributed by atoms with E-state index in [4.69, 9.17) is 18.4 Å². The van der Waals surface area contributed by atoms with Crippen molar-refractivity contribution >= 4 is 33.3 Å². The normalized spacial score (nSPS) is 12.6. The molecule has 0 radical (unpaired) electrons. The van der Waals surface area contributed by atoms with Gasteiger partial charge in [-0.05, 0) is 38.0 Å². The minimum atomic E-state index is -5.03. The Morgan fingerprint density at radius 2 is 1.49 bits per heavy atom. The van der Waals surface area contributed by atoms with Gasteiger partial charge in [0.25, 0.3) is 0 Å². The lowest BCUT2D eigenvalue weighted by atomic mass is 10.1. The van der Waals surface area contributed by atoms with E-state index < -0.39 is 51.8 Å². The number of hydrogen-bond acceptors (Lipinski definition) is 10. The Labute approximate surface area is 215 Å². The van der Waals surface area contributed by atoms with Crippen molar-refractivity contribution in [2.45, 2.75) is 45.9 Å². The molecule has 2 aromatic carbocycles. The molecule has 0 aliphatic heterocycles. The topological polar surface area (TPSA) is 151 Å². The number of esters is 2. The molecule has 0 aliphatic rings. The van der Waals surface area contributed by atoms with Gasteiger partial charge < -0.3 is 19.5 Å². The third kappa shape index (κ3) is 8.99. The van der Waals surface area contributed by atoms with Gasteiger partial charge in [0.1, 0.15) is 12.7 Å². The first-order valence-corrected chi connectivity index (χ1v) is 12.8. The van der Waals surface area contributed by atoms with E-state index >= 15 is 0 Å². The Morgan fingerprint density at radius 1 is 0.865 bits per heavy atom. The van der Waals surface area contributed by atoms with Crippen LogP contribution in [-0.2, 0) is 44.7 Å². The molecule has 0 saturated heterocycles. The zero-order valence-electron chi connectivity index (χ0n) is 20.7. The maximum absolute atomic E-state index is 12.9. The molecule has 0 aromatic heterocycles. The molecule has 0 fully saturated rings. The zero-order chi connectivity index (χ0) is 27.4. The standard InChI is InChI=1S/C25H29NO10S/c1-4-33-21(27)15-20(36-37(31,32)24(29)19-14-10-9-11-17(19)3)22(23(28)34-5-2)26-25(30)35-16-18-12-7-6-8-13-18/h6-14,20,22H,4-5,15-16H2,1-3H3,(H,26,30)/t20?,22-/m0/s1. The summed E-state index contributed by atoms with van der Waals surface area (Å²) >= 11 is 0. The van der Waals surface area contributed by atoms with Crippen molar-refractivity contribution in [2.75, 3.05) is 13.2 Å². The molecule has 12 heteroatoms.